The molecule has 0 aromatic heterocycles. The quantitative estimate of drug-likeness (QED) is 0.896. The van der Waals surface area contributed by atoms with Gasteiger partial charge in [0.2, 0.25) is 0 Å². The summed E-state index contributed by atoms with van der Waals surface area (Å²) in [6.07, 6.45) is 2.27. The molecule has 0 aliphatic carbocycles. The third-order valence-corrected chi connectivity index (χ3v) is 3.65. The van der Waals surface area contributed by atoms with E-state index in [1.807, 2.05) is 0 Å². The molecular formula is C14H19F2NO. The number of phenolic OH excluding ortho intramolecular Hbond substituents is 1. The molecule has 1 atom stereocenters. The van der Waals surface area contributed by atoms with Crippen LogP contribution in [0.3, 0.4) is 0 Å². The first kappa shape index (κ1) is 13.3. The van der Waals surface area contributed by atoms with Crippen molar-refractivity contribution in [1.29, 1.82) is 0 Å². The lowest BCUT2D eigenvalue weighted by atomic mass is 10.0. The minimum Gasteiger partial charge on any atom is -0.503 e. The van der Waals surface area contributed by atoms with Crippen molar-refractivity contribution in [3.05, 3.63) is 29.3 Å². The molecule has 0 amide bonds. The molecule has 100 valence electrons. The zero-order valence-corrected chi connectivity index (χ0v) is 10.8. The molecule has 1 unspecified atom stereocenters. The molecule has 1 N–H and O–H groups in total. The summed E-state index contributed by atoms with van der Waals surface area (Å²) in [5, 5.41) is 9.07. The number of phenols is 1. The van der Waals surface area contributed by atoms with Gasteiger partial charge in [0.15, 0.2) is 17.4 Å². The molecule has 1 aromatic rings. The maximum Gasteiger partial charge on any atom is 0.187 e. The first-order valence-corrected chi connectivity index (χ1v) is 6.40. The average Bonchev–Trinajstić information content (AvgIpc) is 2.74. The maximum absolute atomic E-state index is 13.3. The Hall–Kier alpha value is -1.16. The zero-order chi connectivity index (χ0) is 13.3. The molecule has 0 spiro atoms. The van der Waals surface area contributed by atoms with Crippen molar-refractivity contribution in [2.24, 2.45) is 5.92 Å². The molecule has 1 heterocycles. The van der Waals surface area contributed by atoms with Gasteiger partial charge in [-0.25, -0.2) is 8.78 Å². The highest BCUT2D eigenvalue weighted by Gasteiger charge is 2.27. The smallest absolute Gasteiger partial charge is 0.187 e. The maximum atomic E-state index is 13.3. The largest absolute Gasteiger partial charge is 0.503 e. The van der Waals surface area contributed by atoms with E-state index in [-0.39, 0.29) is 0 Å². The summed E-state index contributed by atoms with van der Waals surface area (Å²) in [5.41, 5.74) is 0.579. The molecule has 18 heavy (non-hydrogen) atoms. The fourth-order valence-corrected chi connectivity index (χ4v) is 2.75. The van der Waals surface area contributed by atoms with Crippen LogP contribution < -0.4 is 0 Å². The predicted octanol–water partition coefficient (Wildman–Crippen LogP) is 3.29. The second kappa shape index (κ2) is 5.22. The van der Waals surface area contributed by atoms with Crippen molar-refractivity contribution in [3.63, 3.8) is 0 Å². The van der Waals surface area contributed by atoms with E-state index in [1.54, 1.807) is 0 Å². The van der Waals surface area contributed by atoms with Gasteiger partial charge in [-0.05, 0) is 43.0 Å². The molecule has 1 aliphatic heterocycles. The van der Waals surface area contributed by atoms with Gasteiger partial charge in [0.1, 0.15) is 0 Å². The van der Waals surface area contributed by atoms with Gasteiger partial charge >= 0.3 is 0 Å². The van der Waals surface area contributed by atoms with Crippen LogP contribution in [0.15, 0.2) is 12.1 Å². The van der Waals surface area contributed by atoms with Gasteiger partial charge < -0.3 is 5.11 Å². The van der Waals surface area contributed by atoms with E-state index in [0.29, 0.717) is 24.1 Å². The van der Waals surface area contributed by atoms with Gasteiger partial charge in [0.05, 0.1) is 0 Å². The Labute approximate surface area is 106 Å². The van der Waals surface area contributed by atoms with Gasteiger partial charge in [-0.2, -0.15) is 0 Å². The number of nitrogens with zero attached hydrogens (tertiary/aromatic N) is 1. The lowest BCUT2D eigenvalue weighted by Crippen LogP contribution is -2.32. The van der Waals surface area contributed by atoms with Crippen LogP contribution in [0, 0.1) is 17.6 Å². The van der Waals surface area contributed by atoms with E-state index in [2.05, 4.69) is 18.7 Å². The lowest BCUT2D eigenvalue weighted by molar-refractivity contribution is 0.198. The Kier molecular flexibility index (Phi) is 3.85. The number of rotatable bonds is 3. The normalized spacial score (nSPS) is 20.8. The third-order valence-electron chi connectivity index (χ3n) is 3.65. The Bertz CT molecular complexity index is 411. The Morgan fingerprint density at radius 2 is 1.94 bits per heavy atom. The average molecular weight is 255 g/mol. The van der Waals surface area contributed by atoms with Crippen molar-refractivity contribution in [1.82, 2.24) is 4.90 Å². The van der Waals surface area contributed by atoms with Crippen LogP contribution in [0.2, 0.25) is 0 Å². The van der Waals surface area contributed by atoms with Crippen LogP contribution in [-0.2, 0) is 6.54 Å². The minimum absolute atomic E-state index is 0.477. The first-order valence-electron chi connectivity index (χ1n) is 6.40. The molecule has 1 aromatic carbocycles. The molecule has 0 radical (unpaired) electrons. The predicted molar refractivity (Wildman–Crippen MR) is 66.3 cm³/mol. The van der Waals surface area contributed by atoms with E-state index in [4.69, 9.17) is 5.11 Å². The van der Waals surface area contributed by atoms with Gasteiger partial charge in [0.25, 0.3) is 0 Å². The zero-order valence-electron chi connectivity index (χ0n) is 10.8. The van der Waals surface area contributed by atoms with Crippen LogP contribution in [0.4, 0.5) is 8.78 Å². The van der Waals surface area contributed by atoms with Crippen LogP contribution >= 0.6 is 0 Å². The summed E-state index contributed by atoms with van der Waals surface area (Å²) >= 11 is 0. The second-order valence-corrected chi connectivity index (χ2v) is 5.33. The van der Waals surface area contributed by atoms with Crippen molar-refractivity contribution in [2.45, 2.75) is 39.3 Å². The fraction of sp³-hybridized carbons (Fsp3) is 0.571. The number of benzene rings is 1. The van der Waals surface area contributed by atoms with E-state index in [9.17, 15) is 8.78 Å². The summed E-state index contributed by atoms with van der Waals surface area (Å²) in [6, 6.07) is 2.91. The van der Waals surface area contributed by atoms with Crippen LogP contribution in [0.5, 0.6) is 5.75 Å². The summed E-state index contributed by atoms with van der Waals surface area (Å²) in [7, 11) is 0. The Balaban J connectivity index is 2.14. The number of hydrogen-bond donors (Lipinski definition) is 1. The van der Waals surface area contributed by atoms with Gasteiger partial charge in [-0.3, -0.25) is 4.90 Å². The molecule has 0 bridgehead atoms. The number of halogens is 2. The summed E-state index contributed by atoms with van der Waals surface area (Å²) < 4.78 is 26.5. The van der Waals surface area contributed by atoms with Crippen LogP contribution in [0.1, 0.15) is 32.3 Å². The molecule has 1 saturated heterocycles. The molecule has 2 nitrogen and oxygen atoms in total. The van der Waals surface area contributed by atoms with Gasteiger partial charge in [-0.15, -0.1) is 0 Å². The van der Waals surface area contributed by atoms with E-state index < -0.39 is 17.4 Å². The van der Waals surface area contributed by atoms with E-state index in [1.165, 1.54) is 12.1 Å². The molecule has 4 heteroatoms. The third kappa shape index (κ3) is 2.64. The Morgan fingerprint density at radius 3 is 2.50 bits per heavy atom. The van der Waals surface area contributed by atoms with Gasteiger partial charge in [-0.1, -0.05) is 13.8 Å². The number of aromatic hydroxyl groups is 1. The highest BCUT2D eigenvalue weighted by atomic mass is 19.1. The summed E-state index contributed by atoms with van der Waals surface area (Å²) in [5.74, 6) is -2.12. The second-order valence-electron chi connectivity index (χ2n) is 5.33. The minimum atomic E-state index is -0.888. The molecule has 1 aliphatic rings. The van der Waals surface area contributed by atoms with Crippen molar-refractivity contribution in [3.8, 4) is 5.75 Å². The first-order chi connectivity index (χ1) is 8.49. The monoisotopic (exact) mass is 255 g/mol. The fourth-order valence-electron chi connectivity index (χ4n) is 2.75. The molecule has 1 fully saturated rings. The highest BCUT2D eigenvalue weighted by molar-refractivity contribution is 5.30. The summed E-state index contributed by atoms with van der Waals surface area (Å²) in [4.78, 5) is 2.26. The van der Waals surface area contributed by atoms with E-state index in [0.717, 1.165) is 19.4 Å². The highest BCUT2D eigenvalue weighted by Crippen LogP contribution is 2.27. The van der Waals surface area contributed by atoms with Crippen LogP contribution in [0.25, 0.3) is 0 Å². The number of likely N-dealkylation sites (tertiary alicyclic amines) is 1. The van der Waals surface area contributed by atoms with Crippen LogP contribution in [-0.4, -0.2) is 22.6 Å². The number of hydrogen-bond acceptors (Lipinski definition) is 2. The van der Waals surface area contributed by atoms with Gasteiger partial charge in [0, 0.05) is 12.6 Å². The topological polar surface area (TPSA) is 23.5 Å². The molecular weight excluding hydrogens is 236 g/mol. The lowest BCUT2D eigenvalue weighted by Gasteiger charge is -2.27. The van der Waals surface area contributed by atoms with Crippen molar-refractivity contribution in [2.75, 3.05) is 6.54 Å². The molecule has 2 rings (SSSR count). The molecule has 0 saturated carbocycles. The standard InChI is InChI=1S/C14H19F2NO/c1-9(2)13-4-3-5-17(13)8-10-6-11(15)14(18)12(16)7-10/h6-7,9,13,18H,3-5,8H2,1-2H3. The SMILES string of the molecule is CC(C)C1CCCN1Cc1cc(F)c(O)c(F)c1. The summed E-state index contributed by atoms with van der Waals surface area (Å²) in [6.45, 7) is 5.84. The Morgan fingerprint density at radius 1 is 1.33 bits per heavy atom. The van der Waals surface area contributed by atoms with Crippen molar-refractivity contribution >= 4 is 0 Å². The van der Waals surface area contributed by atoms with Crippen molar-refractivity contribution < 1.29 is 13.9 Å². The van der Waals surface area contributed by atoms with E-state index >= 15 is 0 Å².